The van der Waals surface area contributed by atoms with Crippen LogP contribution < -0.4 is 16.4 Å². The van der Waals surface area contributed by atoms with Gasteiger partial charge in [-0.2, -0.15) is 9.97 Å². The van der Waals surface area contributed by atoms with Gasteiger partial charge in [0.1, 0.15) is 0 Å². The highest BCUT2D eigenvalue weighted by molar-refractivity contribution is 5.74. The fourth-order valence-corrected chi connectivity index (χ4v) is 2.25. The Morgan fingerprint density at radius 2 is 1.96 bits per heavy atom. The monoisotopic (exact) mass is 344 g/mol. The van der Waals surface area contributed by atoms with Gasteiger partial charge in [-0.15, -0.1) is 0 Å². The summed E-state index contributed by atoms with van der Waals surface area (Å²) >= 11 is 0. The molecular formula is C17H24N6O2. The van der Waals surface area contributed by atoms with Crippen molar-refractivity contribution >= 4 is 29.0 Å². The smallest absolute Gasteiger partial charge is 0.353 e. The van der Waals surface area contributed by atoms with Crippen LogP contribution in [0.1, 0.15) is 31.4 Å². The number of nitrogens with two attached hydrogens (primary N) is 1. The number of nitrogens with one attached hydrogen (secondary N) is 2. The van der Waals surface area contributed by atoms with Crippen LogP contribution >= 0.6 is 0 Å². The van der Waals surface area contributed by atoms with E-state index in [4.69, 9.17) is 5.73 Å². The van der Waals surface area contributed by atoms with Crippen LogP contribution in [0.25, 0.3) is 0 Å². The number of benzene rings is 1. The first-order chi connectivity index (χ1) is 11.8. The van der Waals surface area contributed by atoms with Crippen LogP contribution in [-0.2, 0) is 0 Å². The quantitative estimate of drug-likeness (QED) is 0.516. The molecule has 25 heavy (non-hydrogen) atoms. The zero-order chi connectivity index (χ0) is 18.6. The number of nitro groups is 1. The second-order valence-corrected chi connectivity index (χ2v) is 6.42. The molecular weight excluding hydrogens is 320 g/mol. The number of rotatable bonds is 7. The predicted octanol–water partition coefficient (Wildman–Crippen LogP) is 3.79. The van der Waals surface area contributed by atoms with E-state index < -0.39 is 4.92 Å². The number of hydrogen-bond donors (Lipinski definition) is 3. The second-order valence-electron chi connectivity index (χ2n) is 6.42. The Morgan fingerprint density at radius 1 is 1.24 bits per heavy atom. The van der Waals surface area contributed by atoms with Gasteiger partial charge in [0.15, 0.2) is 0 Å². The van der Waals surface area contributed by atoms with Gasteiger partial charge in [0.05, 0.1) is 4.92 Å². The highest BCUT2D eigenvalue weighted by Crippen LogP contribution is 2.31. The summed E-state index contributed by atoms with van der Waals surface area (Å²) in [6.45, 7) is 8.86. The Balaban J connectivity index is 2.33. The minimum Gasteiger partial charge on any atom is -0.378 e. The Morgan fingerprint density at radius 3 is 2.56 bits per heavy atom. The summed E-state index contributed by atoms with van der Waals surface area (Å²) in [6, 6.07) is 5.69. The summed E-state index contributed by atoms with van der Waals surface area (Å²) in [5.74, 6) is 0.706. The molecule has 134 valence electrons. The molecule has 0 fully saturated rings. The van der Waals surface area contributed by atoms with Crippen molar-refractivity contribution in [2.75, 3.05) is 22.9 Å². The summed E-state index contributed by atoms with van der Waals surface area (Å²) in [4.78, 5) is 19.0. The molecule has 0 spiro atoms. The van der Waals surface area contributed by atoms with E-state index >= 15 is 0 Å². The van der Waals surface area contributed by atoms with Crippen molar-refractivity contribution < 1.29 is 4.92 Å². The van der Waals surface area contributed by atoms with Gasteiger partial charge in [0.25, 0.3) is 0 Å². The zero-order valence-electron chi connectivity index (χ0n) is 15.0. The molecule has 0 saturated carbocycles. The molecule has 0 atom stereocenters. The zero-order valence-corrected chi connectivity index (χ0v) is 15.0. The van der Waals surface area contributed by atoms with Crippen molar-refractivity contribution in [3.05, 3.63) is 39.4 Å². The van der Waals surface area contributed by atoms with Crippen LogP contribution in [0.5, 0.6) is 0 Å². The van der Waals surface area contributed by atoms with E-state index in [0.717, 1.165) is 17.5 Å². The van der Waals surface area contributed by atoms with Gasteiger partial charge < -0.3 is 16.4 Å². The van der Waals surface area contributed by atoms with Crippen LogP contribution in [0.2, 0.25) is 0 Å². The number of aryl methyl sites for hydroxylation is 2. The normalized spacial score (nSPS) is 10.8. The Kier molecular flexibility index (Phi) is 5.74. The molecule has 1 aromatic carbocycles. The van der Waals surface area contributed by atoms with Crippen LogP contribution in [0.4, 0.5) is 29.0 Å². The highest BCUT2D eigenvalue weighted by Gasteiger charge is 2.23. The van der Waals surface area contributed by atoms with E-state index in [9.17, 15) is 10.1 Å². The average Bonchev–Trinajstić information content (AvgIpc) is 2.50. The molecule has 0 saturated heterocycles. The summed E-state index contributed by atoms with van der Waals surface area (Å²) < 4.78 is 0. The SMILES string of the molecule is Cc1ccc(Nc2nc(NCCC(C)C)nc(N)c2[N+](=O)[O-])cc1C. The molecule has 1 aromatic heterocycles. The molecule has 0 radical (unpaired) electrons. The minimum absolute atomic E-state index is 0.0767. The molecule has 0 bridgehead atoms. The van der Waals surface area contributed by atoms with Crippen molar-refractivity contribution in [1.82, 2.24) is 9.97 Å². The van der Waals surface area contributed by atoms with Gasteiger partial charge in [-0.3, -0.25) is 10.1 Å². The van der Waals surface area contributed by atoms with E-state index in [0.29, 0.717) is 18.2 Å². The lowest BCUT2D eigenvalue weighted by Gasteiger charge is -2.12. The number of hydrogen-bond acceptors (Lipinski definition) is 7. The number of aromatic nitrogens is 2. The lowest BCUT2D eigenvalue weighted by molar-refractivity contribution is -0.383. The van der Waals surface area contributed by atoms with E-state index in [-0.39, 0.29) is 23.3 Å². The maximum Gasteiger partial charge on any atom is 0.353 e. The lowest BCUT2D eigenvalue weighted by atomic mass is 10.1. The van der Waals surface area contributed by atoms with Crippen molar-refractivity contribution in [3.8, 4) is 0 Å². The molecule has 8 heteroatoms. The molecule has 1 heterocycles. The molecule has 0 unspecified atom stereocenters. The largest absolute Gasteiger partial charge is 0.378 e. The number of nitrogens with zero attached hydrogens (tertiary/aromatic N) is 3. The highest BCUT2D eigenvalue weighted by atomic mass is 16.6. The first kappa shape index (κ1) is 18.4. The predicted molar refractivity (Wildman–Crippen MR) is 100 cm³/mol. The maximum absolute atomic E-state index is 11.4. The Labute approximate surface area is 147 Å². The minimum atomic E-state index is -0.573. The number of anilines is 4. The third-order valence-corrected chi connectivity index (χ3v) is 3.87. The van der Waals surface area contributed by atoms with Crippen LogP contribution in [-0.4, -0.2) is 21.4 Å². The van der Waals surface area contributed by atoms with Crippen LogP contribution in [0.15, 0.2) is 18.2 Å². The van der Waals surface area contributed by atoms with E-state index in [2.05, 4.69) is 34.4 Å². The molecule has 0 aliphatic heterocycles. The fraction of sp³-hybridized carbons (Fsp3) is 0.412. The summed E-state index contributed by atoms with van der Waals surface area (Å²) in [6.07, 6.45) is 0.931. The van der Waals surface area contributed by atoms with Crippen LogP contribution in [0, 0.1) is 29.9 Å². The van der Waals surface area contributed by atoms with Crippen LogP contribution in [0.3, 0.4) is 0 Å². The Bertz CT molecular complexity index is 776. The first-order valence-corrected chi connectivity index (χ1v) is 8.18. The summed E-state index contributed by atoms with van der Waals surface area (Å²) in [5, 5.41) is 17.4. The van der Waals surface area contributed by atoms with Crippen molar-refractivity contribution in [2.24, 2.45) is 5.92 Å². The molecule has 0 aliphatic rings. The summed E-state index contributed by atoms with van der Waals surface area (Å²) in [5.41, 5.74) is 8.38. The molecule has 0 aliphatic carbocycles. The van der Waals surface area contributed by atoms with Gasteiger partial charge in [0, 0.05) is 12.2 Å². The van der Waals surface area contributed by atoms with E-state index in [1.54, 1.807) is 0 Å². The second kappa shape index (κ2) is 7.78. The summed E-state index contributed by atoms with van der Waals surface area (Å²) in [7, 11) is 0. The standard InChI is InChI=1S/C17H24N6O2/c1-10(2)7-8-19-17-21-15(18)14(23(24)25)16(22-17)20-13-6-5-11(3)12(4)9-13/h5-6,9-10H,7-8H2,1-4H3,(H4,18,19,20,21,22). The van der Waals surface area contributed by atoms with Gasteiger partial charge in [-0.25, -0.2) is 0 Å². The first-order valence-electron chi connectivity index (χ1n) is 8.18. The molecule has 2 aromatic rings. The third-order valence-electron chi connectivity index (χ3n) is 3.87. The Hall–Kier alpha value is -2.90. The molecule has 4 N–H and O–H groups in total. The molecule has 0 amide bonds. The average molecular weight is 344 g/mol. The van der Waals surface area contributed by atoms with Gasteiger partial charge in [-0.05, 0) is 49.4 Å². The number of nitrogen functional groups attached to an aromatic ring is 1. The van der Waals surface area contributed by atoms with Gasteiger partial charge in [-0.1, -0.05) is 19.9 Å². The van der Waals surface area contributed by atoms with Gasteiger partial charge in [0.2, 0.25) is 17.6 Å². The van der Waals surface area contributed by atoms with Crippen molar-refractivity contribution in [3.63, 3.8) is 0 Å². The van der Waals surface area contributed by atoms with Gasteiger partial charge >= 0.3 is 5.69 Å². The fourth-order valence-electron chi connectivity index (χ4n) is 2.25. The molecule has 2 rings (SSSR count). The molecule has 8 nitrogen and oxygen atoms in total. The lowest BCUT2D eigenvalue weighted by Crippen LogP contribution is -2.12. The third kappa shape index (κ3) is 4.79. The van der Waals surface area contributed by atoms with Crippen molar-refractivity contribution in [2.45, 2.75) is 34.1 Å². The maximum atomic E-state index is 11.4. The van der Waals surface area contributed by atoms with E-state index in [1.807, 2.05) is 32.0 Å². The van der Waals surface area contributed by atoms with E-state index in [1.165, 1.54) is 0 Å². The van der Waals surface area contributed by atoms with Crippen molar-refractivity contribution in [1.29, 1.82) is 0 Å². The topological polar surface area (TPSA) is 119 Å².